The highest BCUT2D eigenvalue weighted by Gasteiger charge is 2.39. The number of rotatable bonds is 8. The number of ether oxygens (including phenoxy) is 1. The first-order chi connectivity index (χ1) is 11.4. The van der Waals surface area contributed by atoms with Gasteiger partial charge in [0, 0.05) is 26.5 Å². The second kappa shape index (κ2) is 8.16. The van der Waals surface area contributed by atoms with E-state index in [-0.39, 0.29) is 17.2 Å². The molecular formula is C15H20NO6PS. The lowest BCUT2D eigenvalue weighted by atomic mass is 10.1. The molecule has 1 aliphatic rings. The van der Waals surface area contributed by atoms with Crippen molar-refractivity contribution in [2.24, 2.45) is 0 Å². The minimum atomic E-state index is -3.44. The number of amides is 1. The number of Topliss-reactive ketones (excluding diaryl/α,β-unsaturated/α-hetero) is 1. The van der Waals surface area contributed by atoms with Crippen molar-refractivity contribution in [3.05, 3.63) is 29.8 Å². The summed E-state index contributed by atoms with van der Waals surface area (Å²) in [7, 11) is 0.610. The van der Waals surface area contributed by atoms with E-state index in [1.54, 1.807) is 19.2 Å². The van der Waals surface area contributed by atoms with Crippen LogP contribution in [0.1, 0.15) is 5.56 Å². The Morgan fingerprint density at radius 1 is 1.25 bits per heavy atom. The summed E-state index contributed by atoms with van der Waals surface area (Å²) in [6.45, 7) is 0.302. The predicted molar refractivity (Wildman–Crippen MR) is 91.7 cm³/mol. The molecule has 0 bridgehead atoms. The highest BCUT2D eigenvalue weighted by Crippen LogP contribution is 2.46. The molecule has 24 heavy (non-hydrogen) atoms. The summed E-state index contributed by atoms with van der Waals surface area (Å²) in [5.74, 6) is 0.727. The van der Waals surface area contributed by atoms with Gasteiger partial charge in [0.25, 0.3) is 5.24 Å². The van der Waals surface area contributed by atoms with Crippen LogP contribution in [0, 0.1) is 0 Å². The maximum atomic E-state index is 12.5. The molecule has 1 fully saturated rings. The van der Waals surface area contributed by atoms with Crippen LogP contribution < -0.4 is 4.74 Å². The molecule has 0 aromatic heterocycles. The van der Waals surface area contributed by atoms with E-state index in [4.69, 9.17) is 13.8 Å². The monoisotopic (exact) mass is 373 g/mol. The number of hydrogen-bond donors (Lipinski definition) is 0. The lowest BCUT2D eigenvalue weighted by molar-refractivity contribution is -0.120. The first kappa shape index (κ1) is 19.0. The number of nitrogens with zero attached hydrogens (tertiary/aromatic N) is 1. The molecule has 132 valence electrons. The molecule has 1 aromatic rings. The average Bonchev–Trinajstić information content (AvgIpc) is 2.96. The Hall–Kier alpha value is -1.34. The molecule has 0 saturated carbocycles. The lowest BCUT2D eigenvalue weighted by Crippen LogP contribution is -2.40. The van der Waals surface area contributed by atoms with Gasteiger partial charge in [-0.2, -0.15) is 0 Å². The Kier molecular flexibility index (Phi) is 6.46. The first-order valence-electron chi connectivity index (χ1n) is 7.22. The number of carbonyl (C=O) groups excluding carboxylic acids is 2. The molecule has 0 aliphatic carbocycles. The van der Waals surface area contributed by atoms with Crippen molar-refractivity contribution in [3.63, 3.8) is 0 Å². The molecule has 0 radical (unpaired) electrons. The van der Waals surface area contributed by atoms with Crippen LogP contribution in [-0.2, 0) is 25.0 Å². The second-order valence-corrected chi connectivity index (χ2v) is 8.41. The van der Waals surface area contributed by atoms with Crippen LogP contribution in [0.15, 0.2) is 24.3 Å². The van der Waals surface area contributed by atoms with E-state index >= 15 is 0 Å². The molecule has 1 atom stereocenters. The normalized spacial score (nSPS) is 18.0. The zero-order chi connectivity index (χ0) is 17.7. The SMILES string of the molecule is COc1ccc(CN2C(=O)SC[C@H]2C(=O)CP(=O)(OC)OC)cc1. The highest BCUT2D eigenvalue weighted by molar-refractivity contribution is 8.13. The standard InChI is InChI=1S/C15H20NO6PS/c1-20-12-6-4-11(5-7-12)8-16-13(10-24-15(16)18)14(17)9-23(19,21-2)22-3/h4-7,13H,8-10H2,1-3H3/t13-/m0/s1. The minimum absolute atomic E-state index is 0.172. The van der Waals surface area contributed by atoms with E-state index in [0.29, 0.717) is 12.3 Å². The van der Waals surface area contributed by atoms with Crippen LogP contribution in [0.25, 0.3) is 0 Å². The van der Waals surface area contributed by atoms with Gasteiger partial charge in [-0.25, -0.2) is 0 Å². The van der Waals surface area contributed by atoms with Crippen molar-refractivity contribution in [1.29, 1.82) is 0 Å². The van der Waals surface area contributed by atoms with Gasteiger partial charge in [-0.1, -0.05) is 23.9 Å². The molecule has 1 aliphatic heterocycles. The van der Waals surface area contributed by atoms with E-state index in [2.05, 4.69) is 0 Å². The van der Waals surface area contributed by atoms with Crippen LogP contribution in [0.4, 0.5) is 4.79 Å². The van der Waals surface area contributed by atoms with E-state index in [1.807, 2.05) is 12.1 Å². The molecule has 2 rings (SSSR count). The molecule has 1 heterocycles. The molecule has 1 saturated heterocycles. The zero-order valence-corrected chi connectivity index (χ0v) is 15.5. The minimum Gasteiger partial charge on any atom is -0.497 e. The fraction of sp³-hybridized carbons (Fsp3) is 0.467. The number of carbonyl (C=O) groups is 2. The maximum Gasteiger partial charge on any atom is 0.337 e. The van der Waals surface area contributed by atoms with E-state index in [9.17, 15) is 14.2 Å². The topological polar surface area (TPSA) is 82.1 Å². The molecule has 0 N–H and O–H groups in total. The third-order valence-corrected chi connectivity index (χ3v) is 6.54. The van der Waals surface area contributed by atoms with Crippen molar-refractivity contribution < 1.29 is 27.9 Å². The summed E-state index contributed by atoms with van der Waals surface area (Å²) in [5.41, 5.74) is 0.881. The summed E-state index contributed by atoms with van der Waals surface area (Å²) in [5, 5.41) is -0.172. The summed E-state index contributed by atoms with van der Waals surface area (Å²) >= 11 is 1.08. The second-order valence-electron chi connectivity index (χ2n) is 5.17. The smallest absolute Gasteiger partial charge is 0.337 e. The van der Waals surface area contributed by atoms with Crippen molar-refractivity contribution in [1.82, 2.24) is 4.90 Å². The van der Waals surface area contributed by atoms with E-state index in [0.717, 1.165) is 23.1 Å². The summed E-state index contributed by atoms with van der Waals surface area (Å²) < 4.78 is 26.9. The quantitative estimate of drug-likeness (QED) is 0.648. The fourth-order valence-electron chi connectivity index (χ4n) is 2.32. The third-order valence-electron chi connectivity index (χ3n) is 3.76. The molecule has 9 heteroatoms. The summed E-state index contributed by atoms with van der Waals surface area (Å²) in [6.07, 6.45) is -0.350. The predicted octanol–water partition coefficient (Wildman–Crippen LogP) is 2.79. The molecule has 0 spiro atoms. The molecule has 7 nitrogen and oxygen atoms in total. The van der Waals surface area contributed by atoms with E-state index < -0.39 is 13.6 Å². The van der Waals surface area contributed by atoms with Gasteiger partial charge >= 0.3 is 7.60 Å². The molecule has 0 unspecified atom stereocenters. The molecule has 1 aromatic carbocycles. The van der Waals surface area contributed by atoms with Crippen LogP contribution in [-0.4, -0.2) is 55.2 Å². The fourth-order valence-corrected chi connectivity index (χ4v) is 4.34. The van der Waals surface area contributed by atoms with E-state index in [1.165, 1.54) is 19.1 Å². The number of methoxy groups -OCH3 is 1. The van der Waals surface area contributed by atoms with Gasteiger partial charge in [-0.3, -0.25) is 14.2 Å². The zero-order valence-electron chi connectivity index (χ0n) is 13.8. The number of ketones is 1. The van der Waals surface area contributed by atoms with Gasteiger partial charge in [0.15, 0.2) is 5.78 Å². The third kappa shape index (κ3) is 4.39. The van der Waals surface area contributed by atoms with Crippen LogP contribution in [0.5, 0.6) is 5.75 Å². The van der Waals surface area contributed by atoms with Gasteiger partial charge < -0.3 is 18.7 Å². The van der Waals surface area contributed by atoms with Gasteiger partial charge in [0.1, 0.15) is 18.0 Å². The maximum absolute atomic E-state index is 12.5. The number of benzene rings is 1. The Balaban J connectivity index is 2.10. The molecular weight excluding hydrogens is 353 g/mol. The Morgan fingerprint density at radius 3 is 2.42 bits per heavy atom. The first-order valence-corrected chi connectivity index (χ1v) is 9.93. The Bertz CT molecular complexity index is 642. The summed E-state index contributed by atoms with van der Waals surface area (Å²) in [6, 6.07) is 6.63. The van der Waals surface area contributed by atoms with Crippen molar-refractivity contribution >= 4 is 30.4 Å². The van der Waals surface area contributed by atoms with Crippen LogP contribution in [0.3, 0.4) is 0 Å². The Morgan fingerprint density at radius 2 is 1.88 bits per heavy atom. The van der Waals surface area contributed by atoms with Crippen LogP contribution in [0.2, 0.25) is 0 Å². The van der Waals surface area contributed by atoms with Crippen molar-refractivity contribution in [2.75, 3.05) is 33.2 Å². The number of thioether (sulfide) groups is 1. The lowest BCUT2D eigenvalue weighted by Gasteiger charge is -2.24. The van der Waals surface area contributed by atoms with Gasteiger partial charge in [0.05, 0.1) is 7.11 Å². The highest BCUT2D eigenvalue weighted by atomic mass is 32.2. The number of hydrogen-bond acceptors (Lipinski definition) is 7. The summed E-state index contributed by atoms with van der Waals surface area (Å²) in [4.78, 5) is 26.1. The molecule has 1 amide bonds. The van der Waals surface area contributed by atoms with Gasteiger partial charge in [-0.05, 0) is 17.7 Å². The van der Waals surface area contributed by atoms with Crippen molar-refractivity contribution in [3.8, 4) is 5.75 Å². The Labute approximate surface area is 145 Å². The van der Waals surface area contributed by atoms with Gasteiger partial charge in [-0.15, -0.1) is 0 Å². The van der Waals surface area contributed by atoms with Crippen molar-refractivity contribution in [2.45, 2.75) is 12.6 Å². The largest absolute Gasteiger partial charge is 0.497 e. The average molecular weight is 373 g/mol. The van der Waals surface area contributed by atoms with Crippen LogP contribution >= 0.6 is 19.4 Å². The van der Waals surface area contributed by atoms with Gasteiger partial charge in [0.2, 0.25) is 0 Å².